The molecule has 0 saturated heterocycles. The van der Waals surface area contributed by atoms with Crippen molar-refractivity contribution in [2.45, 2.75) is 56.9 Å². The van der Waals surface area contributed by atoms with Crippen LogP contribution in [0.4, 0.5) is 0 Å². The van der Waals surface area contributed by atoms with Gasteiger partial charge in [-0.3, -0.25) is 0 Å². The van der Waals surface area contributed by atoms with Crippen LogP contribution in [-0.2, 0) is 20.6 Å². The standard InChI is InChI=1S/C26H27BN2O4/c1-32-25(30)18-11-13-20-22(15-18)29-21(26(31)33-27-28)14-12-16-7-5-6-10-19(16)24(29)23(20)17-8-3-2-4-9-17/h5-7,10-11,13,15,17,21,28H,2-4,8-9,12,14H2,1H3. The predicted octanol–water partition coefficient (Wildman–Crippen LogP) is 5.55. The summed E-state index contributed by atoms with van der Waals surface area (Å²) in [6.45, 7) is 0. The number of aryl methyl sites for hydroxylation is 1. The number of fused-ring (bicyclic) bond motifs is 5. The van der Waals surface area contributed by atoms with E-state index in [0.717, 1.165) is 41.4 Å². The Balaban J connectivity index is 1.86. The minimum atomic E-state index is -0.582. The monoisotopic (exact) mass is 442 g/mol. The van der Waals surface area contributed by atoms with Crippen molar-refractivity contribution in [1.82, 2.24) is 4.57 Å². The summed E-state index contributed by atoms with van der Waals surface area (Å²) in [5.74, 6) is -0.457. The number of nitrogens with zero attached hydrogens (tertiary/aromatic N) is 1. The molecule has 2 aromatic carbocycles. The van der Waals surface area contributed by atoms with Crippen LogP contribution in [0.2, 0.25) is 0 Å². The number of aromatic nitrogens is 1. The SMILES string of the molecule is COC(=O)c1ccc2c(C3CCCCC3)c3n(c2c1)C(C(=O)OB=N)CCc1ccccc1-3. The third kappa shape index (κ3) is 3.69. The van der Waals surface area contributed by atoms with Crippen molar-refractivity contribution < 1.29 is 19.0 Å². The van der Waals surface area contributed by atoms with Crippen molar-refractivity contribution in [2.75, 3.05) is 7.11 Å². The van der Waals surface area contributed by atoms with Crippen LogP contribution >= 0.6 is 0 Å². The van der Waals surface area contributed by atoms with E-state index in [9.17, 15) is 9.59 Å². The molecule has 33 heavy (non-hydrogen) atoms. The first-order chi connectivity index (χ1) is 16.1. The summed E-state index contributed by atoms with van der Waals surface area (Å²) in [5.41, 5.74) is 5.97. The first-order valence-electron chi connectivity index (χ1n) is 11.7. The molecular formula is C26H27BN2O4. The quantitative estimate of drug-likeness (QED) is 0.424. The normalized spacial score (nSPS) is 18.0. The van der Waals surface area contributed by atoms with E-state index >= 15 is 0 Å². The molecule has 0 amide bonds. The van der Waals surface area contributed by atoms with Gasteiger partial charge in [0.1, 0.15) is 0 Å². The molecule has 1 atom stereocenters. The van der Waals surface area contributed by atoms with Gasteiger partial charge in [0.25, 0.3) is 0 Å². The third-order valence-electron chi connectivity index (χ3n) is 7.20. The predicted molar refractivity (Wildman–Crippen MR) is 126 cm³/mol. The molecule has 0 bridgehead atoms. The second kappa shape index (κ2) is 8.97. The van der Waals surface area contributed by atoms with E-state index in [4.69, 9.17) is 14.7 Å². The van der Waals surface area contributed by atoms with E-state index in [0.29, 0.717) is 25.2 Å². The molecule has 1 fully saturated rings. The molecule has 2 heterocycles. The average molecular weight is 442 g/mol. The summed E-state index contributed by atoms with van der Waals surface area (Å²) in [6, 6.07) is 13.4. The Bertz CT molecular complexity index is 1240. The van der Waals surface area contributed by atoms with Gasteiger partial charge in [0.05, 0.1) is 0 Å². The molecule has 0 radical (unpaired) electrons. The molecule has 1 N–H and O–H groups in total. The fourth-order valence-corrected chi connectivity index (χ4v) is 5.73. The van der Waals surface area contributed by atoms with Gasteiger partial charge in [-0.25, -0.2) is 0 Å². The number of esters is 1. The van der Waals surface area contributed by atoms with Gasteiger partial charge in [0.15, 0.2) is 0 Å². The Morgan fingerprint density at radius 2 is 1.85 bits per heavy atom. The number of carbonyl (C=O) groups excluding carboxylic acids is 2. The van der Waals surface area contributed by atoms with Crippen LogP contribution in [0.25, 0.3) is 22.2 Å². The van der Waals surface area contributed by atoms with Gasteiger partial charge in [-0.1, -0.05) is 0 Å². The fourth-order valence-electron chi connectivity index (χ4n) is 5.73. The molecular weight excluding hydrogens is 415 g/mol. The van der Waals surface area contributed by atoms with Gasteiger partial charge < -0.3 is 0 Å². The number of benzene rings is 2. The molecule has 2 aliphatic rings. The molecule has 1 unspecified atom stereocenters. The molecule has 0 spiro atoms. The van der Waals surface area contributed by atoms with Crippen LogP contribution in [-0.4, -0.2) is 30.9 Å². The minimum absolute atomic E-state index is 0.395. The molecule has 1 aromatic heterocycles. The van der Waals surface area contributed by atoms with Crippen molar-refractivity contribution >= 4 is 30.1 Å². The van der Waals surface area contributed by atoms with Crippen LogP contribution in [0.3, 0.4) is 0 Å². The van der Waals surface area contributed by atoms with Gasteiger partial charge in [0, 0.05) is 0 Å². The van der Waals surface area contributed by atoms with Gasteiger partial charge in [-0.2, -0.15) is 0 Å². The van der Waals surface area contributed by atoms with E-state index in [-0.39, 0.29) is 0 Å². The number of carbonyl (C=O) groups is 2. The fraction of sp³-hybridized carbons (Fsp3) is 0.385. The summed E-state index contributed by atoms with van der Waals surface area (Å²) in [6.07, 6.45) is 7.16. The van der Waals surface area contributed by atoms with Crippen molar-refractivity contribution in [2.24, 2.45) is 0 Å². The van der Waals surface area contributed by atoms with Crippen molar-refractivity contribution in [3.63, 3.8) is 0 Å². The second-order valence-electron chi connectivity index (χ2n) is 8.96. The Hall–Kier alpha value is -3.22. The summed E-state index contributed by atoms with van der Waals surface area (Å²) in [4.78, 5) is 25.4. The van der Waals surface area contributed by atoms with Crippen LogP contribution in [0.15, 0.2) is 42.5 Å². The number of rotatable bonds is 4. The van der Waals surface area contributed by atoms with Crippen LogP contribution in [0, 0.1) is 5.31 Å². The zero-order valence-corrected chi connectivity index (χ0v) is 18.8. The summed E-state index contributed by atoms with van der Waals surface area (Å²) in [5, 5.41) is 8.40. The Morgan fingerprint density at radius 1 is 1.06 bits per heavy atom. The number of hydrogen-bond donors (Lipinski definition) is 1. The van der Waals surface area contributed by atoms with Crippen molar-refractivity contribution in [1.29, 1.82) is 5.31 Å². The van der Waals surface area contributed by atoms with E-state index in [2.05, 4.69) is 16.7 Å². The Kier molecular flexibility index (Phi) is 5.87. The van der Waals surface area contributed by atoms with E-state index in [1.165, 1.54) is 37.5 Å². The maximum absolute atomic E-state index is 13.1. The second-order valence-corrected chi connectivity index (χ2v) is 8.96. The number of ether oxygens (including phenoxy) is 1. The van der Waals surface area contributed by atoms with Gasteiger partial charge in [0.2, 0.25) is 0 Å². The number of nitrogens with one attached hydrogen (secondary N) is 1. The third-order valence-corrected chi connectivity index (χ3v) is 7.20. The Morgan fingerprint density at radius 3 is 2.61 bits per heavy atom. The van der Waals surface area contributed by atoms with Crippen molar-refractivity contribution in [3.05, 3.63) is 59.2 Å². The zero-order valence-electron chi connectivity index (χ0n) is 18.8. The molecule has 1 aliphatic heterocycles. The maximum atomic E-state index is 13.1. The van der Waals surface area contributed by atoms with E-state index in [1.54, 1.807) is 0 Å². The van der Waals surface area contributed by atoms with E-state index < -0.39 is 18.0 Å². The molecule has 6 nitrogen and oxygen atoms in total. The molecule has 1 aliphatic carbocycles. The summed E-state index contributed by atoms with van der Waals surface area (Å²) >= 11 is 0. The van der Waals surface area contributed by atoms with Crippen molar-refractivity contribution in [3.8, 4) is 11.3 Å². The molecule has 7 heteroatoms. The number of methoxy groups -OCH3 is 1. The Labute approximate surface area is 193 Å². The van der Waals surface area contributed by atoms with E-state index in [1.807, 2.05) is 30.3 Å². The average Bonchev–Trinajstić information content (AvgIpc) is 3.08. The number of hydrogen-bond acceptors (Lipinski definition) is 5. The molecule has 1 saturated carbocycles. The van der Waals surface area contributed by atoms with Gasteiger partial charge >= 0.3 is 193 Å². The first-order valence-corrected chi connectivity index (χ1v) is 11.7. The summed E-state index contributed by atoms with van der Waals surface area (Å²) in [7, 11) is 2.08. The zero-order chi connectivity index (χ0) is 22.9. The molecule has 3 aromatic rings. The van der Waals surface area contributed by atoms with Gasteiger partial charge in [-0.15, -0.1) is 0 Å². The van der Waals surface area contributed by atoms with Crippen LogP contribution in [0.5, 0.6) is 0 Å². The summed E-state index contributed by atoms with van der Waals surface area (Å²) < 4.78 is 12.1. The topological polar surface area (TPSA) is 81.4 Å². The molecule has 5 rings (SSSR count). The van der Waals surface area contributed by atoms with Crippen LogP contribution in [0.1, 0.15) is 72.0 Å². The molecule has 168 valence electrons. The first kappa shape index (κ1) is 21.6. The van der Waals surface area contributed by atoms with Gasteiger partial charge in [-0.05, 0) is 0 Å². The van der Waals surface area contributed by atoms with Crippen LogP contribution < -0.4 is 0 Å².